The quantitative estimate of drug-likeness (QED) is 0.849. The Labute approximate surface area is 94.6 Å². The molecule has 0 atom stereocenters. The Morgan fingerprint density at radius 2 is 2.00 bits per heavy atom. The van der Waals surface area contributed by atoms with E-state index in [0.29, 0.717) is 13.2 Å². The molecular formula is C12H16O2S. The Hall–Kier alpha value is -0.510. The third kappa shape index (κ3) is 2.36. The Kier molecular flexibility index (Phi) is 3.34. The van der Waals surface area contributed by atoms with Gasteiger partial charge in [0, 0.05) is 4.90 Å². The molecule has 1 fully saturated rings. The fourth-order valence-electron chi connectivity index (χ4n) is 1.56. The molecule has 1 aliphatic rings. The van der Waals surface area contributed by atoms with E-state index in [1.54, 1.807) is 11.8 Å². The lowest BCUT2D eigenvalue weighted by atomic mass is 10.1. The minimum absolute atomic E-state index is 0.0896. The van der Waals surface area contributed by atoms with Crippen molar-refractivity contribution in [2.24, 2.45) is 0 Å². The van der Waals surface area contributed by atoms with Crippen molar-refractivity contribution in [2.75, 3.05) is 19.8 Å². The second-order valence-corrected chi connectivity index (χ2v) is 5.48. The molecule has 0 amide bonds. The van der Waals surface area contributed by atoms with Crippen molar-refractivity contribution in [3.05, 3.63) is 29.8 Å². The van der Waals surface area contributed by atoms with Crippen LogP contribution in [0.15, 0.2) is 29.2 Å². The molecule has 1 N–H and O–H groups in total. The molecule has 1 aromatic rings. The highest BCUT2D eigenvalue weighted by Crippen LogP contribution is 2.38. The maximum Gasteiger partial charge on any atom is 0.0902 e. The van der Waals surface area contributed by atoms with E-state index >= 15 is 0 Å². The van der Waals surface area contributed by atoms with E-state index in [-0.39, 0.29) is 11.4 Å². The third-order valence-electron chi connectivity index (χ3n) is 2.68. The summed E-state index contributed by atoms with van der Waals surface area (Å²) >= 11 is 1.72. The van der Waals surface area contributed by atoms with Crippen LogP contribution in [0.5, 0.6) is 0 Å². The van der Waals surface area contributed by atoms with Crippen molar-refractivity contribution in [3.63, 3.8) is 0 Å². The van der Waals surface area contributed by atoms with Crippen LogP contribution in [0, 0.1) is 0 Å². The zero-order chi connectivity index (χ0) is 10.7. The van der Waals surface area contributed by atoms with Gasteiger partial charge in [-0.15, -0.1) is 11.8 Å². The molecule has 0 radical (unpaired) electrons. The molecule has 0 saturated carbocycles. The van der Waals surface area contributed by atoms with Crippen LogP contribution in [0.2, 0.25) is 0 Å². The minimum atomic E-state index is -0.0896. The van der Waals surface area contributed by atoms with Crippen LogP contribution in [0.4, 0.5) is 0 Å². The highest BCUT2D eigenvalue weighted by atomic mass is 32.2. The molecule has 2 rings (SSSR count). The van der Waals surface area contributed by atoms with Crippen LogP contribution < -0.4 is 0 Å². The topological polar surface area (TPSA) is 29.5 Å². The maximum absolute atomic E-state index is 9.30. The number of hydrogen-bond donors (Lipinski definition) is 1. The van der Waals surface area contributed by atoms with Crippen molar-refractivity contribution < 1.29 is 9.84 Å². The molecule has 0 aliphatic carbocycles. The van der Waals surface area contributed by atoms with Gasteiger partial charge < -0.3 is 9.84 Å². The molecular weight excluding hydrogens is 208 g/mol. The van der Waals surface area contributed by atoms with E-state index in [0.717, 1.165) is 6.42 Å². The molecule has 15 heavy (non-hydrogen) atoms. The molecule has 0 bridgehead atoms. The second kappa shape index (κ2) is 4.56. The molecule has 1 aromatic carbocycles. The number of aryl methyl sites for hydroxylation is 1. The second-order valence-electron chi connectivity index (χ2n) is 3.93. The Bertz CT molecular complexity index is 311. The number of aliphatic hydroxyl groups is 1. The van der Waals surface area contributed by atoms with Crippen molar-refractivity contribution in [1.82, 2.24) is 0 Å². The van der Waals surface area contributed by atoms with Gasteiger partial charge in [0.2, 0.25) is 0 Å². The van der Waals surface area contributed by atoms with Gasteiger partial charge in [-0.05, 0) is 24.1 Å². The Morgan fingerprint density at radius 3 is 2.40 bits per heavy atom. The van der Waals surface area contributed by atoms with E-state index in [1.807, 2.05) is 0 Å². The van der Waals surface area contributed by atoms with E-state index in [4.69, 9.17) is 4.74 Å². The van der Waals surface area contributed by atoms with E-state index < -0.39 is 0 Å². The average molecular weight is 224 g/mol. The van der Waals surface area contributed by atoms with E-state index in [9.17, 15) is 5.11 Å². The third-order valence-corrected chi connectivity index (χ3v) is 3.99. The summed E-state index contributed by atoms with van der Waals surface area (Å²) in [7, 11) is 0. The summed E-state index contributed by atoms with van der Waals surface area (Å²) in [6.07, 6.45) is 1.07. The van der Waals surface area contributed by atoms with Gasteiger partial charge >= 0.3 is 0 Å². The minimum Gasteiger partial charge on any atom is -0.395 e. The summed E-state index contributed by atoms with van der Waals surface area (Å²) in [4.78, 5) is 1.21. The standard InChI is InChI=1S/C12H16O2S/c1-2-10-3-5-11(6-4-10)15-12(7-13)8-14-9-12/h3-6,13H,2,7-9H2,1H3. The molecule has 3 heteroatoms. The largest absolute Gasteiger partial charge is 0.395 e. The molecule has 1 heterocycles. The van der Waals surface area contributed by atoms with Gasteiger partial charge in [0.15, 0.2) is 0 Å². The fourth-order valence-corrected chi connectivity index (χ4v) is 2.68. The zero-order valence-electron chi connectivity index (χ0n) is 8.90. The lowest BCUT2D eigenvalue weighted by molar-refractivity contribution is -0.0318. The summed E-state index contributed by atoms with van der Waals surface area (Å²) in [5, 5.41) is 9.30. The number of hydrogen-bond acceptors (Lipinski definition) is 3. The van der Waals surface area contributed by atoms with Crippen molar-refractivity contribution >= 4 is 11.8 Å². The van der Waals surface area contributed by atoms with Crippen molar-refractivity contribution in [1.29, 1.82) is 0 Å². The molecule has 82 valence electrons. The number of rotatable bonds is 4. The van der Waals surface area contributed by atoms with Gasteiger partial charge in [-0.3, -0.25) is 0 Å². The maximum atomic E-state index is 9.30. The van der Waals surface area contributed by atoms with Crippen LogP contribution in [-0.2, 0) is 11.2 Å². The first-order valence-electron chi connectivity index (χ1n) is 5.24. The van der Waals surface area contributed by atoms with Crippen LogP contribution in [0.25, 0.3) is 0 Å². The van der Waals surface area contributed by atoms with Crippen LogP contribution in [-0.4, -0.2) is 29.7 Å². The average Bonchev–Trinajstić information content (AvgIpc) is 2.24. The number of benzene rings is 1. The molecule has 0 unspecified atom stereocenters. The Morgan fingerprint density at radius 1 is 1.33 bits per heavy atom. The first kappa shape index (κ1) is 11.0. The monoisotopic (exact) mass is 224 g/mol. The smallest absolute Gasteiger partial charge is 0.0902 e. The van der Waals surface area contributed by atoms with E-state index in [1.165, 1.54) is 10.5 Å². The first-order chi connectivity index (χ1) is 7.28. The number of aliphatic hydroxyl groups excluding tert-OH is 1. The van der Waals surface area contributed by atoms with Gasteiger partial charge in [-0.25, -0.2) is 0 Å². The summed E-state index contributed by atoms with van der Waals surface area (Å²) in [6, 6.07) is 8.54. The summed E-state index contributed by atoms with van der Waals surface area (Å²) in [5.74, 6) is 0. The number of thioether (sulfide) groups is 1. The summed E-state index contributed by atoms with van der Waals surface area (Å²) in [6.45, 7) is 3.65. The highest BCUT2D eigenvalue weighted by molar-refractivity contribution is 8.00. The molecule has 0 aromatic heterocycles. The van der Waals surface area contributed by atoms with E-state index in [2.05, 4.69) is 31.2 Å². The molecule has 1 aliphatic heterocycles. The SMILES string of the molecule is CCc1ccc(SC2(CO)COC2)cc1. The highest BCUT2D eigenvalue weighted by Gasteiger charge is 2.39. The van der Waals surface area contributed by atoms with Crippen LogP contribution >= 0.6 is 11.8 Å². The first-order valence-corrected chi connectivity index (χ1v) is 6.06. The van der Waals surface area contributed by atoms with Gasteiger partial charge in [0.25, 0.3) is 0 Å². The predicted octanol–water partition coefficient (Wildman–Crippen LogP) is 2.10. The summed E-state index contributed by atoms with van der Waals surface area (Å²) < 4.78 is 5.08. The van der Waals surface area contributed by atoms with Gasteiger partial charge in [-0.1, -0.05) is 19.1 Å². The van der Waals surface area contributed by atoms with Crippen LogP contribution in [0.3, 0.4) is 0 Å². The lowest BCUT2D eigenvalue weighted by Gasteiger charge is -2.39. The Balaban J connectivity index is 2.03. The summed E-state index contributed by atoms with van der Waals surface area (Å²) in [5.41, 5.74) is 1.35. The lowest BCUT2D eigenvalue weighted by Crippen LogP contribution is -2.49. The predicted molar refractivity (Wildman–Crippen MR) is 62.3 cm³/mol. The fraction of sp³-hybridized carbons (Fsp3) is 0.500. The van der Waals surface area contributed by atoms with Gasteiger partial charge in [-0.2, -0.15) is 0 Å². The van der Waals surface area contributed by atoms with Gasteiger partial charge in [0.05, 0.1) is 24.6 Å². The molecule has 1 saturated heterocycles. The molecule has 2 nitrogen and oxygen atoms in total. The van der Waals surface area contributed by atoms with Crippen LogP contribution in [0.1, 0.15) is 12.5 Å². The van der Waals surface area contributed by atoms with Gasteiger partial charge in [0.1, 0.15) is 0 Å². The zero-order valence-corrected chi connectivity index (χ0v) is 9.72. The normalized spacial score (nSPS) is 18.5. The van der Waals surface area contributed by atoms with Crippen molar-refractivity contribution in [2.45, 2.75) is 23.0 Å². The molecule has 0 spiro atoms. The van der Waals surface area contributed by atoms with Crippen molar-refractivity contribution in [3.8, 4) is 0 Å². The number of ether oxygens (including phenoxy) is 1.